The molecule has 2 heterocycles. The third-order valence-corrected chi connectivity index (χ3v) is 5.92. The number of ether oxygens (including phenoxy) is 1. The van der Waals surface area contributed by atoms with E-state index in [1.165, 1.54) is 0 Å². The molecule has 32 heavy (non-hydrogen) atoms. The minimum absolute atomic E-state index is 0.239. The molecule has 164 valence electrons. The van der Waals surface area contributed by atoms with Crippen LogP contribution < -0.4 is 15.4 Å². The first kappa shape index (κ1) is 21.3. The van der Waals surface area contributed by atoms with Gasteiger partial charge in [-0.1, -0.05) is 19.1 Å². The molecule has 1 atom stereocenters. The molecule has 8 nitrogen and oxygen atoms in total. The summed E-state index contributed by atoms with van der Waals surface area (Å²) in [6.07, 6.45) is 3.09. The molecule has 0 radical (unpaired) electrons. The third kappa shape index (κ3) is 3.99. The van der Waals surface area contributed by atoms with E-state index in [-0.39, 0.29) is 23.4 Å². The highest BCUT2D eigenvalue weighted by Gasteiger charge is 2.42. The van der Waals surface area contributed by atoms with Gasteiger partial charge in [-0.05, 0) is 60.9 Å². The van der Waals surface area contributed by atoms with Crippen molar-refractivity contribution < 1.29 is 19.1 Å². The first-order valence-corrected chi connectivity index (χ1v) is 10.4. The molecule has 8 heteroatoms. The minimum atomic E-state index is -0.729. The van der Waals surface area contributed by atoms with Gasteiger partial charge in [-0.25, -0.2) is 4.68 Å². The first-order chi connectivity index (χ1) is 15.4. The molecule has 0 spiro atoms. The average Bonchev–Trinajstić information content (AvgIpc) is 3.31. The first-order valence-electron chi connectivity index (χ1n) is 10.4. The van der Waals surface area contributed by atoms with Gasteiger partial charge in [0.05, 0.1) is 18.2 Å². The van der Waals surface area contributed by atoms with E-state index in [0.29, 0.717) is 24.9 Å². The van der Waals surface area contributed by atoms with Crippen LogP contribution in [-0.2, 0) is 15.0 Å². The summed E-state index contributed by atoms with van der Waals surface area (Å²) in [5, 5.41) is 9.62. The van der Waals surface area contributed by atoms with Crippen molar-refractivity contribution in [1.82, 2.24) is 15.1 Å². The van der Waals surface area contributed by atoms with Gasteiger partial charge >= 0.3 is 0 Å². The summed E-state index contributed by atoms with van der Waals surface area (Å²) in [5.41, 5.74) is 1.78. The van der Waals surface area contributed by atoms with Crippen molar-refractivity contribution in [3.63, 3.8) is 0 Å². The van der Waals surface area contributed by atoms with Crippen LogP contribution >= 0.6 is 0 Å². The van der Waals surface area contributed by atoms with E-state index in [4.69, 9.17) is 4.74 Å². The van der Waals surface area contributed by atoms with Crippen LogP contribution in [0.15, 0.2) is 60.8 Å². The Labute approximate surface area is 185 Å². The van der Waals surface area contributed by atoms with Gasteiger partial charge in [-0.3, -0.25) is 19.7 Å². The van der Waals surface area contributed by atoms with Crippen molar-refractivity contribution in [1.29, 1.82) is 0 Å². The summed E-state index contributed by atoms with van der Waals surface area (Å²) < 4.78 is 6.77. The fraction of sp³-hybridized carbons (Fsp3) is 0.250. The highest BCUT2D eigenvalue weighted by Crippen LogP contribution is 2.36. The third-order valence-electron chi connectivity index (χ3n) is 5.92. The summed E-state index contributed by atoms with van der Waals surface area (Å²) in [5.74, 6) is -0.102. The molecule has 0 aliphatic carbocycles. The second-order valence-electron chi connectivity index (χ2n) is 7.69. The topological polar surface area (TPSA) is 102 Å². The number of hydrogen-bond acceptors (Lipinski definition) is 5. The van der Waals surface area contributed by atoms with Crippen LogP contribution in [-0.4, -0.2) is 34.6 Å². The molecule has 1 aliphatic rings. The smallest absolute Gasteiger partial charge is 0.276 e. The summed E-state index contributed by atoms with van der Waals surface area (Å²) in [6.45, 7) is 1.93. The van der Waals surface area contributed by atoms with Crippen LogP contribution in [0.3, 0.4) is 0 Å². The number of hydrogen-bond donors (Lipinski definition) is 2. The average molecular weight is 432 g/mol. The van der Waals surface area contributed by atoms with Crippen molar-refractivity contribution in [2.45, 2.75) is 31.6 Å². The van der Waals surface area contributed by atoms with E-state index in [2.05, 4.69) is 15.7 Å². The molecule has 1 saturated heterocycles. The number of aromatic nitrogens is 2. The van der Waals surface area contributed by atoms with Gasteiger partial charge in [0.1, 0.15) is 5.75 Å². The lowest BCUT2D eigenvalue weighted by Gasteiger charge is -2.35. The van der Waals surface area contributed by atoms with Crippen LogP contribution in [0.4, 0.5) is 5.69 Å². The quantitative estimate of drug-likeness (QED) is 0.583. The van der Waals surface area contributed by atoms with Crippen LogP contribution in [0.5, 0.6) is 5.75 Å². The second-order valence-corrected chi connectivity index (χ2v) is 7.69. The van der Waals surface area contributed by atoms with Gasteiger partial charge in [-0.15, -0.1) is 0 Å². The molecule has 0 bridgehead atoms. The maximum atomic E-state index is 12.6. The maximum Gasteiger partial charge on any atom is 0.276 e. The lowest BCUT2D eigenvalue weighted by Crippen LogP contribution is -2.51. The molecule has 4 rings (SSSR count). The van der Waals surface area contributed by atoms with E-state index in [9.17, 15) is 14.4 Å². The molecular weight excluding hydrogens is 408 g/mol. The number of rotatable bonds is 6. The number of nitrogens with one attached hydrogen (secondary N) is 2. The lowest BCUT2D eigenvalue weighted by atomic mass is 9.72. The number of imide groups is 1. The Hall–Kier alpha value is -3.94. The standard InChI is InChI=1S/C24H24N4O4/c1-3-24(14-12-21(29)26-23(24)31)16-4-6-17(7-5-16)25-22(30)20-13-15-28(27-20)18-8-10-19(32-2)11-9-18/h4-11,13,15H,3,12,14H2,1-2H3,(H,25,30)(H,26,29,31). The summed E-state index contributed by atoms with van der Waals surface area (Å²) in [7, 11) is 1.60. The molecule has 1 fully saturated rings. The van der Waals surface area contributed by atoms with Crippen LogP contribution in [0, 0.1) is 0 Å². The number of benzene rings is 2. The van der Waals surface area contributed by atoms with E-state index in [1.807, 2.05) is 43.3 Å². The molecule has 1 aliphatic heterocycles. The van der Waals surface area contributed by atoms with E-state index < -0.39 is 5.41 Å². The van der Waals surface area contributed by atoms with Gasteiger partial charge in [0.2, 0.25) is 11.8 Å². The Morgan fingerprint density at radius 3 is 2.47 bits per heavy atom. The van der Waals surface area contributed by atoms with Crippen molar-refractivity contribution in [2.24, 2.45) is 0 Å². The minimum Gasteiger partial charge on any atom is -0.497 e. The summed E-state index contributed by atoms with van der Waals surface area (Å²) in [4.78, 5) is 36.7. The Morgan fingerprint density at radius 1 is 1.12 bits per heavy atom. The number of amides is 3. The summed E-state index contributed by atoms with van der Waals surface area (Å²) >= 11 is 0. The van der Waals surface area contributed by atoms with Gasteiger partial charge in [-0.2, -0.15) is 5.10 Å². The zero-order valence-electron chi connectivity index (χ0n) is 17.9. The van der Waals surface area contributed by atoms with Crippen LogP contribution in [0.2, 0.25) is 0 Å². The Morgan fingerprint density at radius 2 is 1.84 bits per heavy atom. The Kier molecular flexibility index (Phi) is 5.77. The predicted molar refractivity (Wildman–Crippen MR) is 119 cm³/mol. The molecular formula is C24H24N4O4. The van der Waals surface area contributed by atoms with E-state index in [0.717, 1.165) is 17.0 Å². The fourth-order valence-corrected chi connectivity index (χ4v) is 3.96. The monoisotopic (exact) mass is 432 g/mol. The highest BCUT2D eigenvalue weighted by atomic mass is 16.5. The van der Waals surface area contributed by atoms with Gasteiger partial charge in [0.15, 0.2) is 5.69 Å². The van der Waals surface area contributed by atoms with Crippen LogP contribution in [0.1, 0.15) is 42.2 Å². The van der Waals surface area contributed by atoms with Gasteiger partial charge in [0.25, 0.3) is 5.91 Å². The highest BCUT2D eigenvalue weighted by molar-refractivity contribution is 6.04. The molecule has 0 saturated carbocycles. The fourth-order valence-electron chi connectivity index (χ4n) is 3.96. The number of carbonyl (C=O) groups is 3. The SMILES string of the molecule is CCC1(c2ccc(NC(=O)c3ccn(-c4ccc(OC)cc4)n3)cc2)CCC(=O)NC1=O. The van der Waals surface area contributed by atoms with Crippen molar-refractivity contribution in [3.05, 3.63) is 72.1 Å². The number of anilines is 1. The van der Waals surface area contributed by atoms with Crippen molar-refractivity contribution >= 4 is 23.4 Å². The second kappa shape index (κ2) is 8.66. The molecule has 3 aromatic rings. The lowest BCUT2D eigenvalue weighted by molar-refractivity contribution is -0.138. The number of carbonyl (C=O) groups excluding carboxylic acids is 3. The Balaban J connectivity index is 1.47. The molecule has 3 amide bonds. The van der Waals surface area contributed by atoms with E-state index >= 15 is 0 Å². The summed E-state index contributed by atoms with van der Waals surface area (Å²) in [6, 6.07) is 16.2. The molecule has 2 aromatic carbocycles. The van der Waals surface area contributed by atoms with Crippen LogP contribution in [0.25, 0.3) is 5.69 Å². The van der Waals surface area contributed by atoms with Crippen molar-refractivity contribution in [3.8, 4) is 11.4 Å². The maximum absolute atomic E-state index is 12.6. The number of methoxy groups -OCH3 is 1. The molecule has 1 unspecified atom stereocenters. The van der Waals surface area contributed by atoms with Gasteiger partial charge in [0, 0.05) is 18.3 Å². The zero-order chi connectivity index (χ0) is 22.7. The van der Waals surface area contributed by atoms with Crippen molar-refractivity contribution in [2.75, 3.05) is 12.4 Å². The molecule has 1 aromatic heterocycles. The number of piperidine rings is 1. The number of nitrogens with zero attached hydrogens (tertiary/aromatic N) is 2. The normalized spacial score (nSPS) is 18.2. The zero-order valence-corrected chi connectivity index (χ0v) is 17.9. The predicted octanol–water partition coefficient (Wildman–Crippen LogP) is 3.22. The Bertz CT molecular complexity index is 1150. The van der Waals surface area contributed by atoms with E-state index in [1.54, 1.807) is 36.2 Å². The largest absolute Gasteiger partial charge is 0.497 e. The van der Waals surface area contributed by atoms with Gasteiger partial charge < -0.3 is 10.1 Å². The molecule has 2 N–H and O–H groups in total.